The van der Waals surface area contributed by atoms with Crippen molar-refractivity contribution in [3.63, 3.8) is 0 Å². The van der Waals surface area contributed by atoms with Crippen LogP contribution in [0.25, 0.3) is 0 Å². The molecule has 1 fully saturated rings. The van der Waals surface area contributed by atoms with Gasteiger partial charge in [-0.3, -0.25) is 4.79 Å². The molecule has 88 valence electrons. The first-order chi connectivity index (χ1) is 7.26. The number of hydrogen-bond acceptors (Lipinski definition) is 2. The van der Waals surface area contributed by atoms with Gasteiger partial charge in [0, 0.05) is 24.4 Å². The molecule has 0 radical (unpaired) electrons. The van der Waals surface area contributed by atoms with Gasteiger partial charge in [-0.2, -0.15) is 0 Å². The SMILES string of the molecule is CCC(CBr)NC(=O)CCC1CCCO1. The number of halogens is 1. The highest BCUT2D eigenvalue weighted by Gasteiger charge is 2.17. The van der Waals surface area contributed by atoms with Gasteiger partial charge in [0.25, 0.3) is 0 Å². The van der Waals surface area contributed by atoms with Crippen LogP contribution in [0.5, 0.6) is 0 Å². The Morgan fingerprint density at radius 1 is 1.67 bits per heavy atom. The van der Waals surface area contributed by atoms with Crippen LogP contribution in [0.3, 0.4) is 0 Å². The fourth-order valence-corrected chi connectivity index (χ4v) is 2.33. The molecule has 1 aliphatic heterocycles. The zero-order valence-corrected chi connectivity index (χ0v) is 10.9. The van der Waals surface area contributed by atoms with E-state index in [1.165, 1.54) is 0 Å². The molecule has 1 N–H and O–H groups in total. The van der Waals surface area contributed by atoms with E-state index >= 15 is 0 Å². The Balaban J connectivity index is 2.11. The summed E-state index contributed by atoms with van der Waals surface area (Å²) in [4.78, 5) is 11.5. The molecule has 1 saturated heterocycles. The van der Waals surface area contributed by atoms with Gasteiger partial charge in [-0.05, 0) is 25.7 Å². The van der Waals surface area contributed by atoms with Gasteiger partial charge in [-0.25, -0.2) is 0 Å². The summed E-state index contributed by atoms with van der Waals surface area (Å²) < 4.78 is 5.47. The predicted octanol–water partition coefficient (Wildman–Crippen LogP) is 2.24. The number of rotatable bonds is 6. The van der Waals surface area contributed by atoms with E-state index in [1.807, 2.05) is 0 Å². The third-order valence-corrected chi connectivity index (χ3v) is 3.54. The molecule has 0 bridgehead atoms. The molecule has 0 aliphatic carbocycles. The molecular weight excluding hydrogens is 258 g/mol. The third-order valence-electron chi connectivity index (χ3n) is 2.76. The molecule has 2 unspecified atom stereocenters. The van der Waals surface area contributed by atoms with Crippen molar-refractivity contribution in [3.8, 4) is 0 Å². The van der Waals surface area contributed by atoms with Crippen molar-refractivity contribution in [1.29, 1.82) is 0 Å². The van der Waals surface area contributed by atoms with Gasteiger partial charge in [0.05, 0.1) is 6.10 Å². The molecule has 1 rings (SSSR count). The van der Waals surface area contributed by atoms with Gasteiger partial charge in [0.15, 0.2) is 0 Å². The monoisotopic (exact) mass is 277 g/mol. The second-order valence-corrected chi connectivity index (χ2v) is 4.65. The molecule has 3 nitrogen and oxygen atoms in total. The molecule has 0 saturated carbocycles. The summed E-state index contributed by atoms with van der Waals surface area (Å²) in [7, 11) is 0. The molecule has 15 heavy (non-hydrogen) atoms. The first-order valence-corrected chi connectivity index (χ1v) is 6.85. The highest BCUT2D eigenvalue weighted by molar-refractivity contribution is 9.09. The average Bonchev–Trinajstić information content (AvgIpc) is 2.75. The Labute approximate surface area is 100 Å². The fourth-order valence-electron chi connectivity index (χ4n) is 1.71. The van der Waals surface area contributed by atoms with Crippen LogP contribution in [0.1, 0.15) is 39.0 Å². The van der Waals surface area contributed by atoms with Crippen LogP contribution < -0.4 is 5.32 Å². The van der Waals surface area contributed by atoms with Crippen LogP contribution in [-0.4, -0.2) is 30.0 Å². The van der Waals surface area contributed by atoms with E-state index in [4.69, 9.17) is 4.74 Å². The minimum atomic E-state index is 0.150. The van der Waals surface area contributed by atoms with E-state index in [0.717, 1.165) is 37.6 Å². The Bertz CT molecular complexity index is 189. The third kappa shape index (κ3) is 4.98. The Kier molecular flexibility index (Phi) is 6.25. The molecule has 1 amide bonds. The smallest absolute Gasteiger partial charge is 0.220 e. The van der Waals surface area contributed by atoms with Crippen LogP contribution in [0.15, 0.2) is 0 Å². The number of carbonyl (C=O) groups is 1. The summed E-state index contributed by atoms with van der Waals surface area (Å²) in [5, 5.41) is 3.83. The van der Waals surface area contributed by atoms with E-state index in [0.29, 0.717) is 12.5 Å². The predicted molar refractivity (Wildman–Crippen MR) is 64.2 cm³/mol. The van der Waals surface area contributed by atoms with Gasteiger partial charge >= 0.3 is 0 Å². The Morgan fingerprint density at radius 3 is 3.00 bits per heavy atom. The second kappa shape index (κ2) is 7.23. The van der Waals surface area contributed by atoms with Gasteiger partial charge in [-0.1, -0.05) is 22.9 Å². The molecule has 4 heteroatoms. The lowest BCUT2D eigenvalue weighted by molar-refractivity contribution is -0.122. The molecule has 1 heterocycles. The highest BCUT2D eigenvalue weighted by Crippen LogP contribution is 2.16. The van der Waals surface area contributed by atoms with Crippen molar-refractivity contribution in [3.05, 3.63) is 0 Å². The van der Waals surface area contributed by atoms with E-state index in [2.05, 4.69) is 28.2 Å². The summed E-state index contributed by atoms with van der Waals surface area (Å²) in [6.45, 7) is 2.94. The maximum Gasteiger partial charge on any atom is 0.220 e. The van der Waals surface area contributed by atoms with Gasteiger partial charge < -0.3 is 10.1 Å². The van der Waals surface area contributed by atoms with Gasteiger partial charge in [0.2, 0.25) is 5.91 Å². The van der Waals surface area contributed by atoms with Gasteiger partial charge in [-0.15, -0.1) is 0 Å². The first-order valence-electron chi connectivity index (χ1n) is 5.73. The van der Waals surface area contributed by atoms with E-state index in [9.17, 15) is 4.79 Å². The van der Waals surface area contributed by atoms with Crippen LogP contribution in [-0.2, 0) is 9.53 Å². The molecule has 0 aromatic carbocycles. The maximum absolute atomic E-state index is 11.5. The van der Waals surface area contributed by atoms with Crippen LogP contribution in [0.2, 0.25) is 0 Å². The molecule has 0 aromatic rings. The second-order valence-electron chi connectivity index (χ2n) is 4.00. The number of amides is 1. The standard InChI is InChI=1S/C11H20BrNO2/c1-2-9(8-12)13-11(14)6-5-10-4-3-7-15-10/h9-10H,2-8H2,1H3,(H,13,14). The van der Waals surface area contributed by atoms with Crippen molar-refractivity contribution in [2.24, 2.45) is 0 Å². The van der Waals surface area contributed by atoms with Crippen molar-refractivity contribution in [2.45, 2.75) is 51.2 Å². The molecule has 2 atom stereocenters. The van der Waals surface area contributed by atoms with Crippen molar-refractivity contribution in [1.82, 2.24) is 5.32 Å². The Morgan fingerprint density at radius 2 is 2.47 bits per heavy atom. The maximum atomic E-state index is 11.5. The summed E-state index contributed by atoms with van der Waals surface area (Å²) in [6, 6.07) is 0.266. The zero-order valence-electron chi connectivity index (χ0n) is 9.30. The average molecular weight is 278 g/mol. The Hall–Kier alpha value is -0.0900. The zero-order chi connectivity index (χ0) is 11.1. The molecule has 0 aromatic heterocycles. The van der Waals surface area contributed by atoms with Crippen molar-refractivity contribution < 1.29 is 9.53 Å². The lowest BCUT2D eigenvalue weighted by Gasteiger charge is -2.14. The number of nitrogens with one attached hydrogen (secondary N) is 1. The summed E-state index contributed by atoms with van der Waals surface area (Å²) in [5.41, 5.74) is 0. The quantitative estimate of drug-likeness (QED) is 0.757. The minimum Gasteiger partial charge on any atom is -0.378 e. The highest BCUT2D eigenvalue weighted by atomic mass is 79.9. The summed E-state index contributed by atoms with van der Waals surface area (Å²) >= 11 is 3.38. The summed E-state index contributed by atoms with van der Waals surface area (Å²) in [5.74, 6) is 0.150. The first kappa shape index (κ1) is 13.0. The van der Waals surface area contributed by atoms with Crippen LogP contribution >= 0.6 is 15.9 Å². The van der Waals surface area contributed by atoms with E-state index in [1.54, 1.807) is 0 Å². The number of carbonyl (C=O) groups excluding carboxylic acids is 1. The number of ether oxygens (including phenoxy) is 1. The molecule has 1 aliphatic rings. The molecule has 0 spiro atoms. The number of alkyl halides is 1. The van der Waals surface area contributed by atoms with Crippen molar-refractivity contribution >= 4 is 21.8 Å². The van der Waals surface area contributed by atoms with E-state index in [-0.39, 0.29) is 11.9 Å². The van der Waals surface area contributed by atoms with Gasteiger partial charge in [0.1, 0.15) is 0 Å². The summed E-state index contributed by atoms with van der Waals surface area (Å²) in [6.07, 6.45) is 5.00. The van der Waals surface area contributed by atoms with E-state index < -0.39 is 0 Å². The minimum absolute atomic E-state index is 0.150. The lowest BCUT2D eigenvalue weighted by Crippen LogP contribution is -2.35. The number of hydrogen-bond donors (Lipinski definition) is 1. The van der Waals surface area contributed by atoms with Crippen LogP contribution in [0.4, 0.5) is 0 Å². The fraction of sp³-hybridized carbons (Fsp3) is 0.909. The van der Waals surface area contributed by atoms with Crippen molar-refractivity contribution in [2.75, 3.05) is 11.9 Å². The normalized spacial score (nSPS) is 22.7. The topological polar surface area (TPSA) is 38.3 Å². The molecular formula is C11H20BrNO2. The largest absolute Gasteiger partial charge is 0.378 e. The lowest BCUT2D eigenvalue weighted by atomic mass is 10.1. The van der Waals surface area contributed by atoms with Crippen LogP contribution in [0, 0.1) is 0 Å².